The van der Waals surface area contributed by atoms with Gasteiger partial charge in [0.15, 0.2) is 0 Å². The molecule has 2 rings (SSSR count). The van der Waals surface area contributed by atoms with Gasteiger partial charge in [-0.25, -0.2) is 0 Å². The molecule has 0 aromatic carbocycles. The summed E-state index contributed by atoms with van der Waals surface area (Å²) >= 11 is 1.77. The molecule has 3 atom stereocenters. The lowest BCUT2D eigenvalue weighted by Crippen LogP contribution is -2.42. The van der Waals surface area contributed by atoms with Crippen LogP contribution in [0.3, 0.4) is 0 Å². The molecule has 1 saturated heterocycles. The lowest BCUT2D eigenvalue weighted by atomic mass is 10.0. The van der Waals surface area contributed by atoms with Crippen LogP contribution in [-0.4, -0.2) is 36.5 Å². The maximum atomic E-state index is 12.1. The van der Waals surface area contributed by atoms with Gasteiger partial charge in [-0.3, -0.25) is 9.69 Å². The molecule has 1 aliphatic rings. The number of nitrogens with two attached hydrogens (primary N) is 1. The Hall–Kier alpha value is -0.330. The largest absolute Gasteiger partial charge is 0.354 e. The second-order valence-corrected chi connectivity index (χ2v) is 6.65. The summed E-state index contributed by atoms with van der Waals surface area (Å²) in [5, 5.41) is 5.18. The fourth-order valence-corrected chi connectivity index (χ4v) is 3.40. The highest BCUT2D eigenvalue weighted by molar-refractivity contribution is 7.10. The molecule has 0 saturated carbocycles. The molecule has 1 aromatic rings. The van der Waals surface area contributed by atoms with Gasteiger partial charge < -0.3 is 11.1 Å². The van der Waals surface area contributed by atoms with Crippen molar-refractivity contribution in [3.8, 4) is 0 Å². The summed E-state index contributed by atoms with van der Waals surface area (Å²) in [5.74, 6) is -0.0849. The Balaban J connectivity index is 0.00000220. The minimum atomic E-state index is -0.141. The zero-order chi connectivity index (χ0) is 14.5. The predicted molar refractivity (Wildman–Crippen MR) is 98.2 cm³/mol. The van der Waals surface area contributed by atoms with Crippen molar-refractivity contribution in [3.63, 3.8) is 0 Å². The number of hydrogen-bond donors (Lipinski definition) is 2. The molecule has 0 bridgehead atoms. The first-order valence-corrected chi connectivity index (χ1v) is 8.28. The van der Waals surface area contributed by atoms with E-state index in [0.717, 1.165) is 13.1 Å². The molecule has 7 heteroatoms. The van der Waals surface area contributed by atoms with Gasteiger partial charge in [-0.15, -0.1) is 36.2 Å². The third kappa shape index (κ3) is 5.70. The van der Waals surface area contributed by atoms with Gasteiger partial charge in [0, 0.05) is 23.4 Å². The Bertz CT molecular complexity index is 422. The Morgan fingerprint density at radius 3 is 2.50 bits per heavy atom. The molecule has 1 fully saturated rings. The molecule has 1 aromatic heterocycles. The summed E-state index contributed by atoms with van der Waals surface area (Å²) in [6.45, 7) is 6.69. The minimum absolute atomic E-state index is 0. The fraction of sp³-hybridized carbons (Fsp3) is 0.667. The first-order chi connectivity index (χ1) is 9.59. The van der Waals surface area contributed by atoms with E-state index in [1.54, 1.807) is 11.3 Å². The van der Waals surface area contributed by atoms with Gasteiger partial charge in [0.25, 0.3) is 0 Å². The van der Waals surface area contributed by atoms with Gasteiger partial charge >= 0.3 is 0 Å². The van der Waals surface area contributed by atoms with Crippen molar-refractivity contribution in [2.24, 2.45) is 11.7 Å². The van der Waals surface area contributed by atoms with Crippen molar-refractivity contribution < 1.29 is 4.79 Å². The number of carbonyl (C=O) groups is 1. The molecule has 0 spiro atoms. The van der Waals surface area contributed by atoms with Crippen molar-refractivity contribution in [1.82, 2.24) is 10.2 Å². The third-order valence-corrected chi connectivity index (χ3v) is 5.10. The van der Waals surface area contributed by atoms with Crippen LogP contribution in [0.5, 0.6) is 0 Å². The predicted octanol–water partition coefficient (Wildman–Crippen LogP) is 2.83. The quantitative estimate of drug-likeness (QED) is 0.812. The summed E-state index contributed by atoms with van der Waals surface area (Å²) in [6, 6.07) is 4.44. The number of nitrogens with zero attached hydrogens (tertiary/aromatic N) is 1. The topological polar surface area (TPSA) is 58.4 Å². The van der Waals surface area contributed by atoms with Gasteiger partial charge in [-0.2, -0.15) is 0 Å². The third-order valence-electron chi connectivity index (χ3n) is 4.12. The van der Waals surface area contributed by atoms with Crippen LogP contribution in [0, 0.1) is 5.92 Å². The highest BCUT2D eigenvalue weighted by Crippen LogP contribution is 2.27. The molecular formula is C15H27Cl2N3OS. The fourth-order valence-electron chi connectivity index (χ4n) is 2.54. The summed E-state index contributed by atoms with van der Waals surface area (Å²) < 4.78 is 0. The molecular weight excluding hydrogens is 341 g/mol. The average molecular weight is 368 g/mol. The molecule has 1 aliphatic heterocycles. The lowest BCUT2D eigenvalue weighted by molar-refractivity contribution is -0.125. The van der Waals surface area contributed by atoms with Crippen LogP contribution in [0.1, 0.15) is 37.6 Å². The maximum absolute atomic E-state index is 12.1. The number of halogens is 2. The van der Waals surface area contributed by atoms with Crippen molar-refractivity contribution in [1.29, 1.82) is 0 Å². The van der Waals surface area contributed by atoms with E-state index >= 15 is 0 Å². The highest BCUT2D eigenvalue weighted by Gasteiger charge is 2.25. The molecule has 4 nitrogen and oxygen atoms in total. The van der Waals surface area contributed by atoms with E-state index in [9.17, 15) is 4.79 Å². The standard InChI is InChI=1S/C15H25N3OS.2ClH/c1-11(12(2)16)15(19)17-10-13(14-6-5-9-20-14)18-7-3-4-8-18;;/h5-6,9,11-13H,3-4,7-8,10,16H2,1-2H3,(H,17,19);2*1H. The normalized spacial score (nSPS) is 18.7. The number of rotatable bonds is 6. The van der Waals surface area contributed by atoms with Crippen molar-refractivity contribution in [2.75, 3.05) is 19.6 Å². The van der Waals surface area contributed by atoms with Gasteiger partial charge in [0.05, 0.1) is 6.04 Å². The lowest BCUT2D eigenvalue weighted by Gasteiger charge is -2.27. The zero-order valence-corrected chi connectivity index (χ0v) is 15.6. The second kappa shape index (κ2) is 10.4. The molecule has 2 heterocycles. The summed E-state index contributed by atoms with van der Waals surface area (Å²) in [6.07, 6.45) is 2.51. The van der Waals surface area contributed by atoms with E-state index < -0.39 is 0 Å². The number of carbonyl (C=O) groups excluding carboxylic acids is 1. The molecule has 22 heavy (non-hydrogen) atoms. The Kier molecular flexibility index (Phi) is 10.3. The average Bonchev–Trinajstić information content (AvgIpc) is 3.10. The van der Waals surface area contributed by atoms with Crippen LogP contribution in [0.2, 0.25) is 0 Å². The van der Waals surface area contributed by atoms with E-state index in [-0.39, 0.29) is 42.7 Å². The number of likely N-dealkylation sites (tertiary alicyclic amines) is 1. The van der Waals surface area contributed by atoms with Crippen LogP contribution >= 0.6 is 36.2 Å². The van der Waals surface area contributed by atoms with Crippen LogP contribution < -0.4 is 11.1 Å². The number of thiophene rings is 1. The van der Waals surface area contributed by atoms with Crippen LogP contribution in [-0.2, 0) is 4.79 Å². The Morgan fingerprint density at radius 1 is 1.36 bits per heavy atom. The smallest absolute Gasteiger partial charge is 0.224 e. The van der Waals surface area contributed by atoms with E-state index in [0.29, 0.717) is 12.6 Å². The second-order valence-electron chi connectivity index (χ2n) is 5.67. The highest BCUT2D eigenvalue weighted by atomic mass is 35.5. The van der Waals surface area contributed by atoms with Gasteiger partial charge in [0.1, 0.15) is 0 Å². The van der Waals surface area contributed by atoms with Gasteiger partial charge in [-0.05, 0) is 44.3 Å². The van der Waals surface area contributed by atoms with Gasteiger partial charge in [0.2, 0.25) is 5.91 Å². The van der Waals surface area contributed by atoms with Gasteiger partial charge in [-0.1, -0.05) is 13.0 Å². The number of amides is 1. The Morgan fingerprint density at radius 2 is 2.00 bits per heavy atom. The molecule has 3 N–H and O–H groups in total. The Labute approximate surface area is 149 Å². The molecule has 1 amide bonds. The summed E-state index contributed by atoms with van der Waals surface area (Å²) in [5.41, 5.74) is 5.79. The minimum Gasteiger partial charge on any atom is -0.354 e. The van der Waals surface area contributed by atoms with Crippen LogP contribution in [0.15, 0.2) is 17.5 Å². The summed E-state index contributed by atoms with van der Waals surface area (Å²) in [7, 11) is 0. The van der Waals surface area contributed by atoms with E-state index in [2.05, 4.69) is 27.7 Å². The molecule has 0 radical (unpaired) electrons. The number of nitrogens with one attached hydrogen (secondary N) is 1. The summed E-state index contributed by atoms with van der Waals surface area (Å²) in [4.78, 5) is 15.9. The van der Waals surface area contributed by atoms with Crippen molar-refractivity contribution >= 4 is 42.1 Å². The number of hydrogen-bond acceptors (Lipinski definition) is 4. The first kappa shape index (κ1) is 21.7. The van der Waals surface area contributed by atoms with Crippen LogP contribution in [0.4, 0.5) is 0 Å². The SMILES string of the molecule is CC(N)C(C)C(=O)NCC(c1cccs1)N1CCCC1.Cl.Cl. The van der Waals surface area contributed by atoms with E-state index in [1.165, 1.54) is 17.7 Å². The first-order valence-electron chi connectivity index (χ1n) is 7.40. The molecule has 128 valence electrons. The monoisotopic (exact) mass is 367 g/mol. The van der Waals surface area contributed by atoms with Crippen molar-refractivity contribution in [3.05, 3.63) is 22.4 Å². The molecule has 0 aliphatic carbocycles. The van der Waals surface area contributed by atoms with E-state index in [1.807, 2.05) is 13.8 Å². The zero-order valence-electron chi connectivity index (χ0n) is 13.2. The van der Waals surface area contributed by atoms with Crippen LogP contribution in [0.25, 0.3) is 0 Å². The van der Waals surface area contributed by atoms with E-state index in [4.69, 9.17) is 5.73 Å². The van der Waals surface area contributed by atoms with Crippen molar-refractivity contribution in [2.45, 2.75) is 38.8 Å². The maximum Gasteiger partial charge on any atom is 0.224 e. The molecule has 3 unspecified atom stereocenters.